The Morgan fingerprint density at radius 3 is 0.306 bits per heavy atom. The van der Waals surface area contributed by atoms with Crippen LogP contribution >= 0.6 is 0 Å². The molecular weight excluding hydrogens is 890 g/mol. The molecule has 0 aromatic rings. The van der Waals surface area contributed by atoms with Crippen molar-refractivity contribution >= 4 is 0 Å². The van der Waals surface area contributed by atoms with E-state index in [0.29, 0.717) is 0 Å². The fourth-order valence-electron chi connectivity index (χ4n) is 12.3. The first-order valence-corrected chi connectivity index (χ1v) is 35.1. The molecule has 0 aromatic carbocycles. The highest BCUT2D eigenvalue weighted by molar-refractivity contribution is 4.58. The predicted octanol–water partition coefficient (Wildman–Crippen LogP) is 23.1. The molecule has 0 spiro atoms. The van der Waals surface area contributed by atoms with E-state index in [2.05, 4.69) is 27.7 Å². The molecular formula is C70H144ClN. The Morgan fingerprint density at radius 2 is 0.208 bits per heavy atom. The monoisotopic (exact) mass is 1030 g/mol. The third kappa shape index (κ3) is 61.1. The first kappa shape index (κ1) is 74.3. The molecule has 0 saturated carbocycles. The quantitative estimate of drug-likeness (QED) is 0.0421. The fraction of sp³-hybridized carbons (Fsp3) is 1.00. The molecule has 72 heavy (non-hydrogen) atoms. The second kappa shape index (κ2) is 67.4. The van der Waals surface area contributed by atoms with Crippen LogP contribution in [-0.2, 0) is 0 Å². The maximum absolute atomic E-state index is 2.34. The molecule has 0 fully saturated rings. The van der Waals surface area contributed by atoms with Gasteiger partial charge in [-0.2, -0.15) is 0 Å². The summed E-state index contributed by atoms with van der Waals surface area (Å²) in [5.74, 6) is 0. The molecule has 0 saturated heterocycles. The molecule has 0 N–H and O–H groups in total. The number of hydrogen-bond donors (Lipinski definition) is 0. The van der Waals surface area contributed by atoms with Crippen LogP contribution in [-0.4, -0.2) is 30.7 Å². The van der Waals surface area contributed by atoms with Crippen LogP contribution in [0, 0.1) is 0 Å². The van der Waals surface area contributed by atoms with Gasteiger partial charge in [-0.1, -0.05) is 374 Å². The van der Waals surface area contributed by atoms with E-state index in [1.807, 2.05) is 0 Å². The zero-order chi connectivity index (χ0) is 51.2. The molecule has 0 aliphatic heterocycles. The molecule has 0 aliphatic rings. The van der Waals surface area contributed by atoms with Crippen LogP contribution in [0.4, 0.5) is 0 Å². The maximum atomic E-state index is 2.34. The Kier molecular flexibility index (Phi) is 69.5. The van der Waals surface area contributed by atoms with E-state index in [4.69, 9.17) is 0 Å². The number of rotatable bonds is 66. The van der Waals surface area contributed by atoms with Gasteiger partial charge in [0.05, 0.1) is 26.2 Å². The first-order valence-electron chi connectivity index (χ1n) is 35.1. The van der Waals surface area contributed by atoms with Gasteiger partial charge in [-0.05, 0) is 51.4 Å². The summed E-state index contributed by atoms with van der Waals surface area (Å²) in [6.07, 6.45) is 91.7. The number of halogens is 1. The molecule has 0 rings (SSSR count). The summed E-state index contributed by atoms with van der Waals surface area (Å²) in [6, 6.07) is 0. The van der Waals surface area contributed by atoms with Crippen LogP contribution in [0.1, 0.15) is 426 Å². The first-order chi connectivity index (χ1) is 35.2. The highest BCUT2D eigenvalue weighted by Gasteiger charge is 2.26. The SMILES string of the molecule is CCCCCCCCCCCCCCCCCC[N+](CCCCCCCCCCCCCCCC)(CCCCCCCCCCCCCCCCCC)CCCCCCCCCCCCCCCCCC.[Cl-]. The number of quaternary nitrogens is 1. The average molecular weight is 1040 g/mol. The summed E-state index contributed by atoms with van der Waals surface area (Å²) in [7, 11) is 0. The maximum Gasteiger partial charge on any atom is 0.0786 e. The van der Waals surface area contributed by atoms with E-state index in [0.717, 1.165) is 0 Å². The van der Waals surface area contributed by atoms with Crippen molar-refractivity contribution in [1.29, 1.82) is 0 Å². The van der Waals surface area contributed by atoms with Gasteiger partial charge in [0.25, 0.3) is 0 Å². The second-order valence-corrected chi connectivity index (χ2v) is 24.7. The van der Waals surface area contributed by atoms with Crippen LogP contribution in [0.2, 0.25) is 0 Å². The van der Waals surface area contributed by atoms with Crippen LogP contribution < -0.4 is 12.4 Å². The van der Waals surface area contributed by atoms with Gasteiger partial charge < -0.3 is 16.9 Å². The minimum atomic E-state index is 0. The number of unbranched alkanes of at least 4 members (excludes halogenated alkanes) is 58. The Morgan fingerprint density at radius 1 is 0.125 bits per heavy atom. The molecule has 0 atom stereocenters. The normalized spacial score (nSPS) is 11.8. The van der Waals surface area contributed by atoms with Crippen LogP contribution in [0.15, 0.2) is 0 Å². The third-order valence-corrected chi connectivity index (χ3v) is 17.4. The molecule has 2 heteroatoms. The topological polar surface area (TPSA) is 0 Å². The lowest BCUT2D eigenvalue weighted by Gasteiger charge is -2.40. The summed E-state index contributed by atoms with van der Waals surface area (Å²) in [4.78, 5) is 0. The predicted molar refractivity (Wildman–Crippen MR) is 329 cm³/mol. The van der Waals surface area contributed by atoms with E-state index >= 15 is 0 Å². The van der Waals surface area contributed by atoms with Crippen molar-refractivity contribution in [2.75, 3.05) is 26.2 Å². The van der Waals surface area contributed by atoms with Gasteiger partial charge in [0.15, 0.2) is 0 Å². The molecule has 0 unspecified atom stereocenters. The number of hydrogen-bond acceptors (Lipinski definition) is 0. The zero-order valence-corrected chi connectivity index (χ0v) is 52.3. The lowest BCUT2D eigenvalue weighted by Crippen LogP contribution is -3.00. The smallest absolute Gasteiger partial charge is 0.0786 e. The van der Waals surface area contributed by atoms with E-state index < -0.39 is 0 Å². The molecule has 0 radical (unpaired) electrons. The summed E-state index contributed by atoms with van der Waals surface area (Å²) < 4.78 is 1.49. The minimum absolute atomic E-state index is 0. The van der Waals surface area contributed by atoms with Gasteiger partial charge in [-0.25, -0.2) is 0 Å². The third-order valence-electron chi connectivity index (χ3n) is 17.4. The van der Waals surface area contributed by atoms with Crippen molar-refractivity contribution < 1.29 is 16.9 Å². The molecule has 436 valence electrons. The Balaban J connectivity index is 0. The van der Waals surface area contributed by atoms with E-state index in [1.54, 1.807) is 0 Å². The van der Waals surface area contributed by atoms with Gasteiger partial charge in [-0.3, -0.25) is 0 Å². The Hall–Kier alpha value is 0.250. The van der Waals surface area contributed by atoms with Gasteiger partial charge >= 0.3 is 0 Å². The van der Waals surface area contributed by atoms with E-state index in [-0.39, 0.29) is 12.4 Å². The van der Waals surface area contributed by atoms with Crippen LogP contribution in [0.3, 0.4) is 0 Å². The molecule has 0 amide bonds. The van der Waals surface area contributed by atoms with Crippen molar-refractivity contribution in [3.8, 4) is 0 Å². The summed E-state index contributed by atoms with van der Waals surface area (Å²) >= 11 is 0. The standard InChI is InChI=1S/C70H144N.ClH/c1-5-9-13-17-21-25-29-33-37-40-44-48-52-56-60-64-68-71(67-63-59-55-51-47-43-36-32-28-24-20-16-12-8-4,69-65-61-57-53-49-45-41-38-34-30-26-22-18-14-10-6-2)70-66-62-58-54-50-46-42-39-35-31-27-23-19-15-11-7-3;/h5-70H2,1-4H3;1H/q+1;/p-1. The van der Waals surface area contributed by atoms with Crippen molar-refractivity contribution in [3.05, 3.63) is 0 Å². The van der Waals surface area contributed by atoms with Gasteiger partial charge in [0, 0.05) is 0 Å². The minimum Gasteiger partial charge on any atom is -1.00 e. The molecule has 0 aliphatic carbocycles. The molecule has 1 nitrogen and oxygen atoms in total. The van der Waals surface area contributed by atoms with Crippen LogP contribution in [0.5, 0.6) is 0 Å². The largest absolute Gasteiger partial charge is 1.00 e. The Labute approximate surface area is 466 Å². The lowest BCUT2D eigenvalue weighted by molar-refractivity contribution is -0.929. The number of nitrogens with zero attached hydrogens (tertiary/aromatic N) is 1. The Bertz CT molecular complexity index is 813. The van der Waals surface area contributed by atoms with Crippen molar-refractivity contribution in [3.63, 3.8) is 0 Å². The fourth-order valence-corrected chi connectivity index (χ4v) is 12.3. The van der Waals surface area contributed by atoms with Gasteiger partial charge in [0.2, 0.25) is 0 Å². The van der Waals surface area contributed by atoms with Crippen molar-refractivity contribution in [2.24, 2.45) is 0 Å². The van der Waals surface area contributed by atoms with Crippen LogP contribution in [0.25, 0.3) is 0 Å². The van der Waals surface area contributed by atoms with E-state index in [1.165, 1.54) is 429 Å². The molecule has 0 aromatic heterocycles. The average Bonchev–Trinajstić information content (AvgIpc) is 3.38. The van der Waals surface area contributed by atoms with Crippen molar-refractivity contribution in [2.45, 2.75) is 426 Å². The van der Waals surface area contributed by atoms with Gasteiger partial charge in [0.1, 0.15) is 0 Å². The zero-order valence-electron chi connectivity index (χ0n) is 51.5. The highest BCUT2D eigenvalue weighted by Crippen LogP contribution is 2.23. The lowest BCUT2D eigenvalue weighted by atomic mass is 10.0. The molecule has 0 heterocycles. The van der Waals surface area contributed by atoms with E-state index in [9.17, 15) is 0 Å². The highest BCUT2D eigenvalue weighted by atomic mass is 35.5. The van der Waals surface area contributed by atoms with Crippen molar-refractivity contribution in [1.82, 2.24) is 0 Å². The van der Waals surface area contributed by atoms with Gasteiger partial charge in [-0.15, -0.1) is 0 Å². The second-order valence-electron chi connectivity index (χ2n) is 24.7. The summed E-state index contributed by atoms with van der Waals surface area (Å²) in [5, 5.41) is 0. The summed E-state index contributed by atoms with van der Waals surface area (Å²) in [6.45, 7) is 15.3. The summed E-state index contributed by atoms with van der Waals surface area (Å²) in [5.41, 5.74) is 0. The molecule has 0 bridgehead atoms.